The summed E-state index contributed by atoms with van der Waals surface area (Å²) in [7, 11) is 0. The maximum absolute atomic E-state index is 11.6. The molecule has 1 amide bonds. The van der Waals surface area contributed by atoms with Crippen LogP contribution in [-0.4, -0.2) is 24.5 Å². The average Bonchev–Trinajstić information content (AvgIpc) is 2.14. The van der Waals surface area contributed by atoms with Gasteiger partial charge < -0.3 is 10.6 Å². The number of rotatable bonds is 7. The third-order valence-corrected chi connectivity index (χ3v) is 2.13. The first-order valence-corrected chi connectivity index (χ1v) is 5.62. The highest BCUT2D eigenvalue weighted by Crippen LogP contribution is 1.95. The van der Waals surface area contributed by atoms with E-state index in [9.17, 15) is 4.79 Å². The molecule has 0 saturated carbocycles. The third kappa shape index (κ3) is 7.14. The number of carbonyl (C=O) groups excluding carboxylic acids is 1. The Hall–Kier alpha value is -0.830. The van der Waals surface area contributed by atoms with Crippen LogP contribution in [0.5, 0.6) is 0 Å². The fourth-order valence-corrected chi connectivity index (χ4v) is 1.28. The summed E-state index contributed by atoms with van der Waals surface area (Å²) in [6.45, 7) is 12.5. The number of hydrogen-bond acceptors (Lipinski definition) is 2. The molecule has 0 heterocycles. The van der Waals surface area contributed by atoms with Crippen LogP contribution in [0.4, 0.5) is 0 Å². The summed E-state index contributed by atoms with van der Waals surface area (Å²) in [6, 6.07) is 0.154. The number of hydrogen-bond donors (Lipinski definition) is 2. The molecule has 2 N–H and O–H groups in total. The molecule has 15 heavy (non-hydrogen) atoms. The van der Waals surface area contributed by atoms with Gasteiger partial charge in [0.25, 0.3) is 0 Å². The Balaban J connectivity index is 3.82. The van der Waals surface area contributed by atoms with Crippen molar-refractivity contribution in [3.05, 3.63) is 12.7 Å². The molecule has 0 spiro atoms. The lowest BCUT2D eigenvalue weighted by atomic mass is 10.2. The van der Waals surface area contributed by atoms with Crippen molar-refractivity contribution in [1.29, 1.82) is 0 Å². The molecule has 0 aliphatic rings. The molecule has 3 nitrogen and oxygen atoms in total. The molecular formula is C12H24N2O. The normalized spacial score (nSPS) is 14.7. The minimum atomic E-state index is -0.140. The summed E-state index contributed by atoms with van der Waals surface area (Å²) in [4.78, 5) is 11.6. The lowest BCUT2D eigenvalue weighted by molar-refractivity contribution is -0.123. The minimum absolute atomic E-state index is 0.0691. The SMILES string of the molecule is C=CCC(C)NC(C)C(=O)NCC(C)C. The first kappa shape index (κ1) is 14.2. The molecular weight excluding hydrogens is 188 g/mol. The zero-order valence-corrected chi connectivity index (χ0v) is 10.3. The van der Waals surface area contributed by atoms with Crippen LogP contribution in [0.15, 0.2) is 12.7 Å². The summed E-state index contributed by atoms with van der Waals surface area (Å²) >= 11 is 0. The Morgan fingerprint density at radius 2 is 1.93 bits per heavy atom. The van der Waals surface area contributed by atoms with Gasteiger partial charge in [-0.05, 0) is 26.2 Å². The van der Waals surface area contributed by atoms with Crippen LogP contribution in [0.25, 0.3) is 0 Å². The Morgan fingerprint density at radius 3 is 2.40 bits per heavy atom. The quantitative estimate of drug-likeness (QED) is 0.631. The number of carbonyl (C=O) groups is 1. The summed E-state index contributed by atoms with van der Waals surface area (Å²) < 4.78 is 0. The number of nitrogens with one attached hydrogen (secondary N) is 2. The van der Waals surface area contributed by atoms with Crippen LogP contribution in [0.3, 0.4) is 0 Å². The van der Waals surface area contributed by atoms with Crippen molar-refractivity contribution < 1.29 is 4.79 Å². The maximum atomic E-state index is 11.6. The fraction of sp³-hybridized carbons (Fsp3) is 0.750. The second-order valence-electron chi connectivity index (χ2n) is 4.45. The van der Waals surface area contributed by atoms with E-state index >= 15 is 0 Å². The zero-order valence-electron chi connectivity index (χ0n) is 10.3. The first-order valence-electron chi connectivity index (χ1n) is 5.62. The second kappa shape index (κ2) is 7.46. The van der Waals surface area contributed by atoms with Gasteiger partial charge in [-0.25, -0.2) is 0 Å². The van der Waals surface area contributed by atoms with Crippen LogP contribution < -0.4 is 10.6 Å². The van der Waals surface area contributed by atoms with E-state index in [1.54, 1.807) is 0 Å². The summed E-state index contributed by atoms with van der Waals surface area (Å²) in [5, 5.41) is 6.12. The van der Waals surface area contributed by atoms with Crippen molar-refractivity contribution in [3.8, 4) is 0 Å². The lowest BCUT2D eigenvalue weighted by Crippen LogP contribution is -2.46. The van der Waals surface area contributed by atoms with E-state index < -0.39 is 0 Å². The highest BCUT2D eigenvalue weighted by atomic mass is 16.2. The smallest absolute Gasteiger partial charge is 0.236 e. The van der Waals surface area contributed by atoms with Gasteiger partial charge in [0, 0.05) is 12.6 Å². The Kier molecular flexibility index (Phi) is 7.05. The predicted molar refractivity (Wildman–Crippen MR) is 64.7 cm³/mol. The summed E-state index contributed by atoms with van der Waals surface area (Å²) in [5.74, 6) is 0.561. The van der Waals surface area contributed by atoms with Gasteiger partial charge >= 0.3 is 0 Å². The van der Waals surface area contributed by atoms with Gasteiger partial charge in [-0.15, -0.1) is 6.58 Å². The van der Waals surface area contributed by atoms with Gasteiger partial charge in [0.05, 0.1) is 6.04 Å². The van der Waals surface area contributed by atoms with Crippen LogP contribution >= 0.6 is 0 Å². The van der Waals surface area contributed by atoms with Gasteiger partial charge in [0.15, 0.2) is 0 Å². The Labute approximate surface area is 93.3 Å². The number of amides is 1. The van der Waals surface area contributed by atoms with E-state index in [1.165, 1.54) is 0 Å². The van der Waals surface area contributed by atoms with Crippen molar-refractivity contribution in [2.24, 2.45) is 5.92 Å². The molecule has 0 radical (unpaired) electrons. The summed E-state index contributed by atoms with van der Waals surface area (Å²) in [6.07, 6.45) is 2.73. The first-order chi connectivity index (χ1) is 6.97. The zero-order chi connectivity index (χ0) is 11.8. The molecule has 0 fully saturated rings. The molecule has 0 saturated heterocycles. The van der Waals surface area contributed by atoms with Gasteiger partial charge in [-0.3, -0.25) is 4.79 Å². The minimum Gasteiger partial charge on any atom is -0.354 e. The third-order valence-electron chi connectivity index (χ3n) is 2.13. The van der Waals surface area contributed by atoms with E-state index in [2.05, 4.69) is 31.1 Å². The van der Waals surface area contributed by atoms with Crippen molar-refractivity contribution in [2.45, 2.75) is 46.2 Å². The van der Waals surface area contributed by atoms with Gasteiger partial charge in [-0.2, -0.15) is 0 Å². The highest BCUT2D eigenvalue weighted by molar-refractivity contribution is 5.81. The molecule has 88 valence electrons. The van der Waals surface area contributed by atoms with Crippen molar-refractivity contribution >= 4 is 5.91 Å². The van der Waals surface area contributed by atoms with Crippen molar-refractivity contribution in [2.75, 3.05) is 6.54 Å². The molecule has 0 aliphatic carbocycles. The van der Waals surface area contributed by atoms with E-state index in [4.69, 9.17) is 0 Å². The monoisotopic (exact) mass is 212 g/mol. The molecule has 3 heteroatoms. The molecule has 0 aromatic carbocycles. The Morgan fingerprint density at radius 1 is 1.33 bits per heavy atom. The molecule has 2 atom stereocenters. The molecule has 0 rings (SSSR count). The van der Waals surface area contributed by atoms with Crippen LogP contribution in [0, 0.1) is 5.92 Å². The lowest BCUT2D eigenvalue weighted by Gasteiger charge is -2.19. The molecule has 0 aromatic rings. The van der Waals surface area contributed by atoms with Crippen molar-refractivity contribution in [3.63, 3.8) is 0 Å². The fourth-order valence-electron chi connectivity index (χ4n) is 1.28. The van der Waals surface area contributed by atoms with Gasteiger partial charge in [-0.1, -0.05) is 19.9 Å². The standard InChI is InChI=1S/C12H24N2O/c1-6-7-10(4)14-11(5)12(15)13-8-9(2)3/h6,9-11,14H,1,7-8H2,2-5H3,(H,13,15). The van der Waals surface area contributed by atoms with Gasteiger partial charge in [0.2, 0.25) is 5.91 Å². The highest BCUT2D eigenvalue weighted by Gasteiger charge is 2.14. The van der Waals surface area contributed by atoms with Gasteiger partial charge in [0.1, 0.15) is 0 Å². The second-order valence-corrected chi connectivity index (χ2v) is 4.45. The molecule has 0 bridgehead atoms. The van der Waals surface area contributed by atoms with E-state index in [0.717, 1.165) is 13.0 Å². The van der Waals surface area contributed by atoms with E-state index in [0.29, 0.717) is 12.0 Å². The van der Waals surface area contributed by atoms with Crippen LogP contribution in [-0.2, 0) is 4.79 Å². The molecule has 0 aromatic heterocycles. The maximum Gasteiger partial charge on any atom is 0.236 e. The predicted octanol–water partition coefficient (Wildman–Crippen LogP) is 1.70. The van der Waals surface area contributed by atoms with Crippen LogP contribution in [0.1, 0.15) is 34.1 Å². The molecule has 2 unspecified atom stereocenters. The van der Waals surface area contributed by atoms with E-state index in [-0.39, 0.29) is 11.9 Å². The largest absolute Gasteiger partial charge is 0.354 e. The molecule has 0 aliphatic heterocycles. The Bertz CT molecular complexity index is 202. The topological polar surface area (TPSA) is 41.1 Å². The van der Waals surface area contributed by atoms with Crippen molar-refractivity contribution in [1.82, 2.24) is 10.6 Å². The average molecular weight is 212 g/mol. The van der Waals surface area contributed by atoms with E-state index in [1.807, 2.05) is 19.9 Å². The summed E-state index contributed by atoms with van der Waals surface area (Å²) in [5.41, 5.74) is 0. The van der Waals surface area contributed by atoms with Crippen LogP contribution in [0.2, 0.25) is 0 Å².